The van der Waals surface area contributed by atoms with Crippen LogP contribution >= 0.6 is 0 Å². The van der Waals surface area contributed by atoms with Gasteiger partial charge in [-0.1, -0.05) is 20.3 Å². The van der Waals surface area contributed by atoms with Gasteiger partial charge in [0, 0.05) is 5.69 Å². The van der Waals surface area contributed by atoms with Crippen LogP contribution in [0.5, 0.6) is 5.75 Å². The maximum Gasteiger partial charge on any atom is 0.137 e. The van der Waals surface area contributed by atoms with E-state index in [1.807, 2.05) is 19.1 Å². The molecule has 1 unspecified atom stereocenters. The highest BCUT2D eigenvalue weighted by molar-refractivity contribution is 5.18. The summed E-state index contributed by atoms with van der Waals surface area (Å²) in [4.78, 5) is 4.16. The van der Waals surface area contributed by atoms with Crippen molar-refractivity contribution in [1.29, 1.82) is 0 Å². The van der Waals surface area contributed by atoms with E-state index >= 15 is 0 Å². The molecule has 0 aliphatic carbocycles. The fraction of sp³-hybridized carbons (Fsp3) is 0.545. The van der Waals surface area contributed by atoms with Crippen LogP contribution in [0.15, 0.2) is 18.3 Å². The van der Waals surface area contributed by atoms with Crippen LogP contribution in [0.2, 0.25) is 0 Å². The van der Waals surface area contributed by atoms with E-state index < -0.39 is 0 Å². The minimum Gasteiger partial charge on any atom is -0.492 e. The number of aryl methyl sites for hydroxylation is 1. The van der Waals surface area contributed by atoms with Gasteiger partial charge in [-0.05, 0) is 25.0 Å². The van der Waals surface area contributed by atoms with Gasteiger partial charge in [0.2, 0.25) is 0 Å². The first-order valence-corrected chi connectivity index (χ1v) is 4.77. The fourth-order valence-corrected chi connectivity index (χ4v) is 0.896. The molecule has 0 radical (unpaired) electrons. The van der Waals surface area contributed by atoms with Crippen LogP contribution in [-0.4, -0.2) is 11.6 Å². The van der Waals surface area contributed by atoms with Crippen LogP contribution in [0.1, 0.15) is 26.0 Å². The molecule has 13 heavy (non-hydrogen) atoms. The second-order valence-electron chi connectivity index (χ2n) is 3.46. The molecule has 0 saturated carbocycles. The first-order valence-electron chi connectivity index (χ1n) is 4.77. The Bertz CT molecular complexity index is 243. The Hall–Kier alpha value is -1.05. The van der Waals surface area contributed by atoms with Gasteiger partial charge in [0.1, 0.15) is 5.75 Å². The lowest BCUT2D eigenvalue weighted by atomic mass is 10.1. The molecule has 0 N–H and O–H groups in total. The second-order valence-corrected chi connectivity index (χ2v) is 3.46. The van der Waals surface area contributed by atoms with Crippen molar-refractivity contribution in [2.45, 2.75) is 27.2 Å². The summed E-state index contributed by atoms with van der Waals surface area (Å²) in [5.74, 6) is 1.48. The normalized spacial score (nSPS) is 12.5. The van der Waals surface area contributed by atoms with Gasteiger partial charge in [-0.2, -0.15) is 0 Å². The molecule has 1 aromatic heterocycles. The maximum atomic E-state index is 5.55. The van der Waals surface area contributed by atoms with Crippen LogP contribution < -0.4 is 4.74 Å². The second kappa shape index (κ2) is 4.85. The minimum absolute atomic E-state index is 0.612. The monoisotopic (exact) mass is 179 g/mol. The summed E-state index contributed by atoms with van der Waals surface area (Å²) in [5, 5.41) is 0. The van der Waals surface area contributed by atoms with Crippen LogP contribution in [0.25, 0.3) is 0 Å². The molecule has 1 rings (SSSR count). The number of ether oxygens (including phenoxy) is 1. The predicted molar refractivity (Wildman–Crippen MR) is 53.9 cm³/mol. The van der Waals surface area contributed by atoms with Crippen molar-refractivity contribution in [3.63, 3.8) is 0 Å². The lowest BCUT2D eigenvalue weighted by Gasteiger charge is -2.10. The highest BCUT2D eigenvalue weighted by Crippen LogP contribution is 2.10. The first kappa shape index (κ1) is 10.0. The molecular weight excluding hydrogens is 162 g/mol. The van der Waals surface area contributed by atoms with E-state index in [9.17, 15) is 0 Å². The Morgan fingerprint density at radius 3 is 2.77 bits per heavy atom. The fourth-order valence-electron chi connectivity index (χ4n) is 0.896. The van der Waals surface area contributed by atoms with Crippen molar-refractivity contribution >= 4 is 0 Å². The van der Waals surface area contributed by atoms with Gasteiger partial charge in [-0.25, -0.2) is 0 Å². The average Bonchev–Trinajstić information content (AvgIpc) is 2.16. The van der Waals surface area contributed by atoms with Crippen LogP contribution in [0.4, 0.5) is 0 Å². The SMILES string of the molecule is CCC(C)COc1ccc(C)nc1. The van der Waals surface area contributed by atoms with Crippen LogP contribution in [-0.2, 0) is 0 Å². The summed E-state index contributed by atoms with van der Waals surface area (Å²) < 4.78 is 5.55. The lowest BCUT2D eigenvalue weighted by molar-refractivity contribution is 0.255. The van der Waals surface area contributed by atoms with Crippen molar-refractivity contribution in [1.82, 2.24) is 4.98 Å². The number of pyridine rings is 1. The molecule has 0 spiro atoms. The maximum absolute atomic E-state index is 5.55. The van der Waals surface area contributed by atoms with E-state index in [2.05, 4.69) is 18.8 Å². The van der Waals surface area contributed by atoms with Gasteiger partial charge in [0.05, 0.1) is 12.8 Å². The molecule has 1 aromatic rings. The lowest BCUT2D eigenvalue weighted by Crippen LogP contribution is -2.07. The van der Waals surface area contributed by atoms with Gasteiger partial charge in [0.25, 0.3) is 0 Å². The van der Waals surface area contributed by atoms with Gasteiger partial charge in [0.15, 0.2) is 0 Å². The molecule has 0 fully saturated rings. The third kappa shape index (κ3) is 3.45. The van der Waals surface area contributed by atoms with E-state index in [1.54, 1.807) is 6.20 Å². The van der Waals surface area contributed by atoms with E-state index in [0.717, 1.165) is 24.5 Å². The summed E-state index contributed by atoms with van der Waals surface area (Å²) in [6.07, 6.45) is 2.93. The quantitative estimate of drug-likeness (QED) is 0.709. The Labute approximate surface area is 80.0 Å². The molecule has 1 heterocycles. The van der Waals surface area contributed by atoms with E-state index in [1.165, 1.54) is 0 Å². The number of hydrogen-bond donors (Lipinski definition) is 0. The van der Waals surface area contributed by atoms with Crippen molar-refractivity contribution in [2.24, 2.45) is 5.92 Å². The highest BCUT2D eigenvalue weighted by Gasteiger charge is 1.99. The number of nitrogens with zero attached hydrogens (tertiary/aromatic N) is 1. The first-order chi connectivity index (χ1) is 6.22. The Morgan fingerprint density at radius 2 is 2.23 bits per heavy atom. The standard InChI is InChI=1S/C11H17NO/c1-4-9(2)8-13-11-6-5-10(3)12-7-11/h5-7,9H,4,8H2,1-3H3. The highest BCUT2D eigenvalue weighted by atomic mass is 16.5. The molecule has 2 nitrogen and oxygen atoms in total. The molecule has 1 atom stereocenters. The molecule has 0 aromatic carbocycles. The van der Waals surface area contributed by atoms with E-state index in [0.29, 0.717) is 5.92 Å². The third-order valence-corrected chi connectivity index (χ3v) is 2.12. The van der Waals surface area contributed by atoms with Crippen molar-refractivity contribution in [2.75, 3.05) is 6.61 Å². The zero-order chi connectivity index (χ0) is 9.68. The molecule has 0 bridgehead atoms. The summed E-state index contributed by atoms with van der Waals surface area (Å²) in [6, 6.07) is 3.93. The number of aromatic nitrogens is 1. The molecule has 0 saturated heterocycles. The van der Waals surface area contributed by atoms with Gasteiger partial charge in [-0.3, -0.25) is 4.98 Å². The predicted octanol–water partition coefficient (Wildman–Crippen LogP) is 2.81. The summed E-state index contributed by atoms with van der Waals surface area (Å²) in [5.41, 5.74) is 1.02. The Morgan fingerprint density at radius 1 is 1.46 bits per heavy atom. The zero-order valence-corrected chi connectivity index (χ0v) is 8.58. The van der Waals surface area contributed by atoms with Crippen LogP contribution in [0, 0.1) is 12.8 Å². The molecular formula is C11H17NO. The van der Waals surface area contributed by atoms with Crippen molar-refractivity contribution < 1.29 is 4.74 Å². The van der Waals surface area contributed by atoms with Crippen molar-refractivity contribution in [3.05, 3.63) is 24.0 Å². The van der Waals surface area contributed by atoms with Crippen molar-refractivity contribution in [3.8, 4) is 5.75 Å². The minimum atomic E-state index is 0.612. The smallest absolute Gasteiger partial charge is 0.137 e. The van der Waals surface area contributed by atoms with Crippen LogP contribution in [0.3, 0.4) is 0 Å². The Balaban J connectivity index is 2.41. The third-order valence-electron chi connectivity index (χ3n) is 2.12. The topological polar surface area (TPSA) is 22.1 Å². The Kier molecular flexibility index (Phi) is 3.74. The summed E-state index contributed by atoms with van der Waals surface area (Å²) in [6.45, 7) is 7.10. The summed E-state index contributed by atoms with van der Waals surface area (Å²) in [7, 11) is 0. The van der Waals surface area contributed by atoms with Gasteiger partial charge >= 0.3 is 0 Å². The molecule has 2 heteroatoms. The van der Waals surface area contributed by atoms with E-state index in [-0.39, 0.29) is 0 Å². The number of hydrogen-bond acceptors (Lipinski definition) is 2. The average molecular weight is 179 g/mol. The zero-order valence-electron chi connectivity index (χ0n) is 8.58. The molecule has 0 aliphatic heterocycles. The van der Waals surface area contributed by atoms with Gasteiger partial charge < -0.3 is 4.74 Å². The van der Waals surface area contributed by atoms with E-state index in [4.69, 9.17) is 4.74 Å². The largest absolute Gasteiger partial charge is 0.492 e. The molecule has 0 aliphatic rings. The molecule has 72 valence electrons. The van der Waals surface area contributed by atoms with Gasteiger partial charge in [-0.15, -0.1) is 0 Å². The number of rotatable bonds is 4. The molecule has 0 amide bonds. The summed E-state index contributed by atoms with van der Waals surface area (Å²) >= 11 is 0.